The van der Waals surface area contributed by atoms with Gasteiger partial charge >= 0.3 is 5.97 Å². The van der Waals surface area contributed by atoms with Crippen molar-refractivity contribution >= 4 is 18.4 Å². The fourth-order valence-electron chi connectivity index (χ4n) is 2.09. The molecule has 2 fully saturated rings. The van der Waals surface area contributed by atoms with Crippen molar-refractivity contribution in [1.29, 1.82) is 0 Å². The van der Waals surface area contributed by atoms with E-state index >= 15 is 0 Å². The van der Waals surface area contributed by atoms with Crippen LogP contribution in [0.15, 0.2) is 0 Å². The van der Waals surface area contributed by atoms with Crippen LogP contribution in [0, 0.1) is 11.8 Å². The van der Waals surface area contributed by atoms with Crippen LogP contribution in [0.5, 0.6) is 0 Å². The molecular weight excluding hydrogens is 202 g/mol. The number of hydrogen-bond acceptors (Lipinski definition) is 2. The topological polar surface area (TPSA) is 40.5 Å². The van der Waals surface area contributed by atoms with E-state index < -0.39 is 5.97 Å². The molecule has 2 rings (SSSR count). The fourth-order valence-corrected chi connectivity index (χ4v) is 2.09. The molecule has 0 aromatic carbocycles. The maximum Gasteiger partial charge on any atom is 0.307 e. The summed E-state index contributed by atoms with van der Waals surface area (Å²) in [6.07, 6.45) is 4.64. The standard InChI is InChI=1S/C10H17NO2.ClH/c12-10(13)9-2-1-5-11(7-9)6-8-3-4-8;/h8-9H,1-7H2,(H,12,13);1H. The molecule has 1 aliphatic carbocycles. The summed E-state index contributed by atoms with van der Waals surface area (Å²) < 4.78 is 0. The van der Waals surface area contributed by atoms with Gasteiger partial charge in [-0.1, -0.05) is 0 Å². The summed E-state index contributed by atoms with van der Waals surface area (Å²) in [6, 6.07) is 0. The third-order valence-electron chi connectivity index (χ3n) is 3.07. The van der Waals surface area contributed by atoms with Crippen LogP contribution in [0.25, 0.3) is 0 Å². The van der Waals surface area contributed by atoms with Crippen LogP contribution in [-0.4, -0.2) is 35.6 Å². The maximum atomic E-state index is 10.8. The van der Waals surface area contributed by atoms with Crippen molar-refractivity contribution in [3.8, 4) is 0 Å². The van der Waals surface area contributed by atoms with E-state index in [1.807, 2.05) is 0 Å². The third-order valence-corrected chi connectivity index (χ3v) is 3.07. The first-order chi connectivity index (χ1) is 6.25. The predicted octanol–water partition coefficient (Wildman–Crippen LogP) is 1.61. The molecule has 14 heavy (non-hydrogen) atoms. The summed E-state index contributed by atoms with van der Waals surface area (Å²) in [5.41, 5.74) is 0. The van der Waals surface area contributed by atoms with Gasteiger partial charge in [0, 0.05) is 13.1 Å². The van der Waals surface area contributed by atoms with Gasteiger partial charge in [-0.3, -0.25) is 4.79 Å². The van der Waals surface area contributed by atoms with Crippen LogP contribution < -0.4 is 0 Å². The zero-order chi connectivity index (χ0) is 9.26. The molecule has 0 radical (unpaired) electrons. The summed E-state index contributed by atoms with van der Waals surface area (Å²) in [7, 11) is 0. The average Bonchev–Trinajstić information content (AvgIpc) is 2.89. The first-order valence-corrected chi connectivity index (χ1v) is 5.21. The van der Waals surface area contributed by atoms with Gasteiger partial charge in [0.05, 0.1) is 5.92 Å². The van der Waals surface area contributed by atoms with Crippen LogP contribution in [0.4, 0.5) is 0 Å². The van der Waals surface area contributed by atoms with E-state index in [0.29, 0.717) is 0 Å². The Bertz CT molecular complexity index is 206. The second-order valence-corrected chi connectivity index (χ2v) is 4.38. The van der Waals surface area contributed by atoms with Gasteiger partial charge in [0.25, 0.3) is 0 Å². The minimum Gasteiger partial charge on any atom is -0.481 e. The molecule has 4 heteroatoms. The SMILES string of the molecule is Cl.O=C(O)C1CCCN(CC2CC2)C1. The lowest BCUT2D eigenvalue weighted by atomic mass is 9.98. The summed E-state index contributed by atoms with van der Waals surface area (Å²) in [4.78, 5) is 13.1. The van der Waals surface area contributed by atoms with Gasteiger partial charge in [0.15, 0.2) is 0 Å². The Labute approximate surface area is 90.9 Å². The van der Waals surface area contributed by atoms with Gasteiger partial charge in [0.2, 0.25) is 0 Å². The maximum absolute atomic E-state index is 10.8. The highest BCUT2D eigenvalue weighted by atomic mass is 35.5. The van der Waals surface area contributed by atoms with Crippen LogP contribution in [0.2, 0.25) is 0 Å². The molecule has 1 atom stereocenters. The molecule has 1 aliphatic heterocycles. The summed E-state index contributed by atoms with van der Waals surface area (Å²) in [5.74, 6) is 0.167. The Morgan fingerprint density at radius 1 is 1.36 bits per heavy atom. The van der Waals surface area contributed by atoms with E-state index in [0.717, 1.165) is 38.4 Å². The number of likely N-dealkylation sites (tertiary alicyclic amines) is 1. The minimum absolute atomic E-state index is 0. The lowest BCUT2D eigenvalue weighted by molar-refractivity contribution is -0.143. The molecular formula is C10H18ClNO2. The second kappa shape index (κ2) is 4.99. The van der Waals surface area contributed by atoms with Crippen molar-refractivity contribution in [3.63, 3.8) is 0 Å². The first-order valence-electron chi connectivity index (χ1n) is 5.21. The van der Waals surface area contributed by atoms with Crippen molar-refractivity contribution in [2.24, 2.45) is 11.8 Å². The molecule has 1 saturated heterocycles. The smallest absolute Gasteiger partial charge is 0.307 e. The van der Waals surface area contributed by atoms with Crippen molar-refractivity contribution in [2.75, 3.05) is 19.6 Å². The number of nitrogens with zero attached hydrogens (tertiary/aromatic N) is 1. The predicted molar refractivity (Wildman–Crippen MR) is 56.8 cm³/mol. The van der Waals surface area contributed by atoms with Gasteiger partial charge in [-0.15, -0.1) is 12.4 Å². The molecule has 0 bridgehead atoms. The highest BCUT2D eigenvalue weighted by Crippen LogP contribution is 2.31. The molecule has 3 nitrogen and oxygen atoms in total. The van der Waals surface area contributed by atoms with Crippen LogP contribution in [0.1, 0.15) is 25.7 Å². The summed E-state index contributed by atoms with van der Waals surface area (Å²) in [5, 5.41) is 8.88. The highest BCUT2D eigenvalue weighted by molar-refractivity contribution is 5.85. The number of carboxylic acids is 1. The molecule has 82 valence electrons. The summed E-state index contributed by atoms with van der Waals surface area (Å²) >= 11 is 0. The van der Waals surface area contributed by atoms with Crippen molar-refractivity contribution in [1.82, 2.24) is 4.90 Å². The van der Waals surface area contributed by atoms with E-state index in [1.54, 1.807) is 0 Å². The number of piperidine rings is 1. The van der Waals surface area contributed by atoms with Crippen LogP contribution in [-0.2, 0) is 4.79 Å². The molecule has 0 aromatic heterocycles. The van der Waals surface area contributed by atoms with E-state index in [9.17, 15) is 4.79 Å². The molecule has 0 spiro atoms. The van der Waals surface area contributed by atoms with Gasteiger partial charge in [0.1, 0.15) is 0 Å². The van der Waals surface area contributed by atoms with Gasteiger partial charge in [-0.05, 0) is 38.1 Å². The average molecular weight is 220 g/mol. The van der Waals surface area contributed by atoms with Crippen molar-refractivity contribution in [2.45, 2.75) is 25.7 Å². The normalized spacial score (nSPS) is 28.1. The monoisotopic (exact) mass is 219 g/mol. The Kier molecular flexibility index (Phi) is 4.20. The zero-order valence-electron chi connectivity index (χ0n) is 8.32. The lowest BCUT2D eigenvalue weighted by Crippen LogP contribution is -2.39. The van der Waals surface area contributed by atoms with Crippen molar-refractivity contribution < 1.29 is 9.90 Å². The van der Waals surface area contributed by atoms with E-state index in [1.165, 1.54) is 12.8 Å². The lowest BCUT2D eigenvalue weighted by Gasteiger charge is -2.30. The van der Waals surface area contributed by atoms with Gasteiger partial charge in [-0.2, -0.15) is 0 Å². The van der Waals surface area contributed by atoms with Gasteiger partial charge < -0.3 is 10.0 Å². The Hall–Kier alpha value is -0.280. The Morgan fingerprint density at radius 3 is 2.64 bits per heavy atom. The zero-order valence-corrected chi connectivity index (χ0v) is 9.13. The molecule has 2 aliphatic rings. The first kappa shape index (κ1) is 11.8. The summed E-state index contributed by atoms with van der Waals surface area (Å²) in [6.45, 7) is 3.04. The Balaban J connectivity index is 0.000000980. The van der Waals surface area contributed by atoms with Gasteiger partial charge in [-0.25, -0.2) is 0 Å². The number of aliphatic carboxylic acids is 1. The highest BCUT2D eigenvalue weighted by Gasteiger charge is 2.29. The van der Waals surface area contributed by atoms with E-state index in [2.05, 4.69) is 4.90 Å². The second-order valence-electron chi connectivity index (χ2n) is 4.38. The molecule has 1 unspecified atom stereocenters. The van der Waals surface area contributed by atoms with Crippen LogP contribution >= 0.6 is 12.4 Å². The van der Waals surface area contributed by atoms with E-state index in [4.69, 9.17) is 5.11 Å². The number of rotatable bonds is 3. The molecule has 0 aromatic rings. The quantitative estimate of drug-likeness (QED) is 0.784. The molecule has 1 saturated carbocycles. The fraction of sp³-hybridized carbons (Fsp3) is 0.900. The number of carboxylic acid groups (broad SMARTS) is 1. The number of carbonyl (C=O) groups is 1. The minimum atomic E-state index is -0.611. The van der Waals surface area contributed by atoms with E-state index in [-0.39, 0.29) is 18.3 Å². The Morgan fingerprint density at radius 2 is 2.07 bits per heavy atom. The molecule has 1 N–H and O–H groups in total. The third kappa shape index (κ3) is 3.14. The van der Waals surface area contributed by atoms with Crippen LogP contribution in [0.3, 0.4) is 0 Å². The molecule has 0 amide bonds. The van der Waals surface area contributed by atoms with Crippen molar-refractivity contribution in [3.05, 3.63) is 0 Å². The molecule has 1 heterocycles. The number of hydrogen-bond donors (Lipinski definition) is 1. The largest absolute Gasteiger partial charge is 0.481 e. The number of halogens is 1.